The highest BCUT2D eigenvalue weighted by atomic mass is 16.7. The SMILES string of the molecule is CC(C)(C)ONCC1CCCCN1C(=O)OC(C)(C)C. The highest BCUT2D eigenvalue weighted by molar-refractivity contribution is 5.68. The summed E-state index contributed by atoms with van der Waals surface area (Å²) in [7, 11) is 0. The second-order valence-electron chi connectivity index (χ2n) is 7.39. The number of likely N-dealkylation sites (tertiary alicyclic amines) is 1. The lowest BCUT2D eigenvalue weighted by molar-refractivity contribution is -0.0815. The van der Waals surface area contributed by atoms with Crippen LogP contribution in [-0.2, 0) is 9.57 Å². The highest BCUT2D eigenvalue weighted by Gasteiger charge is 2.30. The molecule has 0 bridgehead atoms. The van der Waals surface area contributed by atoms with Crippen molar-refractivity contribution in [1.29, 1.82) is 0 Å². The maximum absolute atomic E-state index is 12.2. The van der Waals surface area contributed by atoms with Gasteiger partial charge in [-0.2, -0.15) is 5.48 Å². The van der Waals surface area contributed by atoms with E-state index in [9.17, 15) is 4.79 Å². The normalized spacial score (nSPS) is 20.9. The van der Waals surface area contributed by atoms with Gasteiger partial charge < -0.3 is 9.64 Å². The summed E-state index contributed by atoms with van der Waals surface area (Å²) in [5, 5.41) is 0. The van der Waals surface area contributed by atoms with E-state index in [2.05, 4.69) is 5.48 Å². The van der Waals surface area contributed by atoms with E-state index in [1.165, 1.54) is 0 Å². The molecule has 1 unspecified atom stereocenters. The van der Waals surface area contributed by atoms with Crippen LogP contribution in [0.5, 0.6) is 0 Å². The Morgan fingerprint density at radius 2 is 1.80 bits per heavy atom. The van der Waals surface area contributed by atoms with Crippen LogP contribution in [0.4, 0.5) is 4.79 Å². The number of nitrogens with one attached hydrogen (secondary N) is 1. The van der Waals surface area contributed by atoms with E-state index in [1.807, 2.05) is 46.4 Å². The van der Waals surface area contributed by atoms with Crippen molar-refractivity contribution in [3.8, 4) is 0 Å². The van der Waals surface area contributed by atoms with Crippen molar-refractivity contribution in [3.05, 3.63) is 0 Å². The van der Waals surface area contributed by atoms with Gasteiger partial charge in [0.15, 0.2) is 0 Å². The highest BCUT2D eigenvalue weighted by Crippen LogP contribution is 2.20. The number of hydroxylamine groups is 1. The molecular weight excluding hydrogens is 256 g/mol. The van der Waals surface area contributed by atoms with E-state index in [0.717, 1.165) is 25.8 Å². The second kappa shape index (κ2) is 6.76. The van der Waals surface area contributed by atoms with Crippen molar-refractivity contribution >= 4 is 6.09 Å². The molecule has 1 amide bonds. The van der Waals surface area contributed by atoms with Crippen molar-refractivity contribution in [2.24, 2.45) is 0 Å². The predicted molar refractivity (Wildman–Crippen MR) is 79.4 cm³/mol. The van der Waals surface area contributed by atoms with E-state index in [-0.39, 0.29) is 17.7 Å². The molecule has 1 saturated heterocycles. The summed E-state index contributed by atoms with van der Waals surface area (Å²) in [6, 6.07) is 0.140. The van der Waals surface area contributed by atoms with Crippen molar-refractivity contribution in [2.75, 3.05) is 13.1 Å². The molecule has 1 atom stereocenters. The molecule has 5 nitrogen and oxygen atoms in total. The number of carbonyl (C=O) groups excluding carboxylic acids is 1. The van der Waals surface area contributed by atoms with Crippen LogP contribution in [0.15, 0.2) is 0 Å². The van der Waals surface area contributed by atoms with Crippen LogP contribution in [0, 0.1) is 0 Å². The quantitative estimate of drug-likeness (QED) is 0.810. The van der Waals surface area contributed by atoms with Gasteiger partial charge in [-0.3, -0.25) is 4.84 Å². The van der Waals surface area contributed by atoms with Crippen LogP contribution in [0.3, 0.4) is 0 Å². The molecule has 0 radical (unpaired) electrons. The number of rotatable bonds is 3. The van der Waals surface area contributed by atoms with Gasteiger partial charge in [0.25, 0.3) is 0 Å². The summed E-state index contributed by atoms with van der Waals surface area (Å²) in [4.78, 5) is 19.6. The standard InChI is InChI=1S/C15H30N2O3/c1-14(2,3)19-13(18)17-10-8-7-9-12(17)11-16-20-15(4,5)6/h12,16H,7-11H2,1-6H3. The third kappa shape index (κ3) is 6.57. The topological polar surface area (TPSA) is 50.8 Å². The molecule has 0 saturated carbocycles. The summed E-state index contributed by atoms with van der Waals surface area (Å²) in [5.41, 5.74) is 2.31. The average molecular weight is 286 g/mol. The Balaban J connectivity index is 2.51. The Morgan fingerprint density at radius 1 is 1.15 bits per heavy atom. The first-order valence-electron chi connectivity index (χ1n) is 7.49. The van der Waals surface area contributed by atoms with Gasteiger partial charge in [-0.1, -0.05) is 0 Å². The molecule has 118 valence electrons. The Kier molecular flexibility index (Phi) is 5.83. The van der Waals surface area contributed by atoms with Crippen molar-refractivity contribution < 1.29 is 14.4 Å². The summed E-state index contributed by atoms with van der Waals surface area (Å²) >= 11 is 0. The Hall–Kier alpha value is -0.810. The Morgan fingerprint density at radius 3 is 2.35 bits per heavy atom. The first kappa shape index (κ1) is 17.2. The molecule has 1 heterocycles. The van der Waals surface area contributed by atoms with Crippen LogP contribution in [0.2, 0.25) is 0 Å². The van der Waals surface area contributed by atoms with Gasteiger partial charge >= 0.3 is 6.09 Å². The smallest absolute Gasteiger partial charge is 0.410 e. The minimum absolute atomic E-state index is 0.140. The zero-order valence-corrected chi connectivity index (χ0v) is 13.8. The van der Waals surface area contributed by atoms with E-state index < -0.39 is 5.60 Å². The van der Waals surface area contributed by atoms with E-state index in [1.54, 1.807) is 0 Å². The number of nitrogens with zero attached hydrogens (tertiary/aromatic N) is 1. The average Bonchev–Trinajstić information content (AvgIpc) is 2.25. The van der Waals surface area contributed by atoms with E-state index >= 15 is 0 Å². The molecule has 0 aliphatic carbocycles. The fourth-order valence-electron chi connectivity index (χ4n) is 2.13. The first-order chi connectivity index (χ1) is 9.08. The lowest BCUT2D eigenvalue weighted by Crippen LogP contribution is -2.50. The van der Waals surface area contributed by atoms with Crippen molar-refractivity contribution in [3.63, 3.8) is 0 Å². The van der Waals surface area contributed by atoms with Crippen LogP contribution in [-0.4, -0.2) is 41.3 Å². The molecule has 1 fully saturated rings. The van der Waals surface area contributed by atoms with Gasteiger partial charge in [-0.25, -0.2) is 4.79 Å². The third-order valence-electron chi connectivity index (χ3n) is 2.95. The van der Waals surface area contributed by atoms with Gasteiger partial charge in [-0.15, -0.1) is 0 Å². The molecule has 0 aromatic heterocycles. The molecular formula is C15H30N2O3. The monoisotopic (exact) mass is 286 g/mol. The summed E-state index contributed by atoms with van der Waals surface area (Å²) in [6.07, 6.45) is 2.94. The largest absolute Gasteiger partial charge is 0.444 e. The number of piperidine rings is 1. The predicted octanol–water partition coefficient (Wildman–Crippen LogP) is 3.10. The summed E-state index contributed by atoms with van der Waals surface area (Å²) in [5.74, 6) is 0. The van der Waals surface area contributed by atoms with Gasteiger partial charge in [0, 0.05) is 19.1 Å². The van der Waals surface area contributed by atoms with Crippen molar-refractivity contribution in [2.45, 2.75) is 78.0 Å². The van der Waals surface area contributed by atoms with Crippen molar-refractivity contribution in [1.82, 2.24) is 10.4 Å². The molecule has 5 heteroatoms. The number of hydrogen-bond donors (Lipinski definition) is 1. The Bertz CT molecular complexity index is 318. The van der Waals surface area contributed by atoms with Gasteiger partial charge in [0.05, 0.1) is 5.60 Å². The van der Waals surface area contributed by atoms with Crippen LogP contribution >= 0.6 is 0 Å². The molecule has 1 aliphatic heterocycles. The second-order valence-corrected chi connectivity index (χ2v) is 7.39. The van der Waals surface area contributed by atoms with Gasteiger partial charge in [0.1, 0.15) is 5.60 Å². The fourth-order valence-corrected chi connectivity index (χ4v) is 2.13. The number of ether oxygens (including phenoxy) is 1. The molecule has 1 aliphatic rings. The van der Waals surface area contributed by atoms with E-state index in [4.69, 9.17) is 9.57 Å². The molecule has 1 rings (SSSR count). The molecule has 1 N–H and O–H groups in total. The van der Waals surface area contributed by atoms with Crippen LogP contribution in [0.25, 0.3) is 0 Å². The number of amides is 1. The minimum Gasteiger partial charge on any atom is -0.444 e. The zero-order valence-electron chi connectivity index (χ0n) is 13.8. The fraction of sp³-hybridized carbons (Fsp3) is 0.933. The zero-order chi connectivity index (χ0) is 15.4. The van der Waals surface area contributed by atoms with Gasteiger partial charge in [0.2, 0.25) is 0 Å². The lowest BCUT2D eigenvalue weighted by atomic mass is 10.0. The minimum atomic E-state index is -0.450. The first-order valence-corrected chi connectivity index (χ1v) is 7.49. The number of hydrogen-bond acceptors (Lipinski definition) is 4. The van der Waals surface area contributed by atoms with Crippen LogP contribution < -0.4 is 5.48 Å². The van der Waals surface area contributed by atoms with Gasteiger partial charge in [-0.05, 0) is 60.8 Å². The summed E-state index contributed by atoms with van der Waals surface area (Å²) < 4.78 is 5.47. The molecule has 0 aromatic carbocycles. The maximum atomic E-state index is 12.2. The Labute approximate surface area is 122 Å². The van der Waals surface area contributed by atoms with Crippen LogP contribution in [0.1, 0.15) is 60.8 Å². The number of carbonyl (C=O) groups is 1. The lowest BCUT2D eigenvalue weighted by Gasteiger charge is -2.37. The van der Waals surface area contributed by atoms with E-state index in [0.29, 0.717) is 6.54 Å². The molecule has 20 heavy (non-hydrogen) atoms. The molecule has 0 aromatic rings. The summed E-state index contributed by atoms with van der Waals surface area (Å²) in [6.45, 7) is 13.1. The maximum Gasteiger partial charge on any atom is 0.410 e. The molecule has 0 spiro atoms. The third-order valence-corrected chi connectivity index (χ3v) is 2.95.